The van der Waals surface area contributed by atoms with E-state index in [0.29, 0.717) is 30.0 Å². The second-order valence-corrected chi connectivity index (χ2v) is 7.82. The molecule has 1 aromatic heterocycles. The van der Waals surface area contributed by atoms with Gasteiger partial charge in [-0.05, 0) is 37.9 Å². The maximum Gasteiger partial charge on any atom is 0.295 e. The summed E-state index contributed by atoms with van der Waals surface area (Å²) < 4.78 is 5.35. The molecule has 2 aromatic carbocycles. The number of likely N-dealkylation sites (tertiary alicyclic amines) is 1. The fourth-order valence-electron chi connectivity index (χ4n) is 3.99. The van der Waals surface area contributed by atoms with Gasteiger partial charge in [0.1, 0.15) is 11.5 Å². The van der Waals surface area contributed by atoms with Crippen LogP contribution in [0.5, 0.6) is 5.75 Å². The molecule has 31 heavy (non-hydrogen) atoms. The van der Waals surface area contributed by atoms with Gasteiger partial charge < -0.3 is 24.6 Å². The highest BCUT2D eigenvalue weighted by molar-refractivity contribution is 6.46. The summed E-state index contributed by atoms with van der Waals surface area (Å²) in [5, 5.41) is 12.0. The van der Waals surface area contributed by atoms with Crippen molar-refractivity contribution in [3.05, 3.63) is 71.4 Å². The second-order valence-electron chi connectivity index (χ2n) is 7.82. The molecule has 2 heterocycles. The highest BCUT2D eigenvalue weighted by Gasteiger charge is 2.46. The number of nitrogens with zero attached hydrogens (tertiary/aromatic N) is 2. The second kappa shape index (κ2) is 8.28. The third kappa shape index (κ3) is 3.68. The third-order valence-corrected chi connectivity index (χ3v) is 5.58. The first kappa shape index (κ1) is 20.7. The summed E-state index contributed by atoms with van der Waals surface area (Å²) in [6, 6.07) is 14.0. The van der Waals surface area contributed by atoms with Crippen molar-refractivity contribution in [2.45, 2.75) is 6.04 Å². The van der Waals surface area contributed by atoms with Gasteiger partial charge in [-0.2, -0.15) is 0 Å². The fourth-order valence-corrected chi connectivity index (χ4v) is 3.99. The number of ether oxygens (including phenoxy) is 1. The topological polar surface area (TPSA) is 85.9 Å². The number of Topliss-reactive ketones (excluding diaryl/α,β-unsaturated/α-hetero) is 1. The van der Waals surface area contributed by atoms with Crippen molar-refractivity contribution in [1.29, 1.82) is 0 Å². The Labute approximate surface area is 180 Å². The van der Waals surface area contributed by atoms with Gasteiger partial charge in [0.15, 0.2) is 0 Å². The summed E-state index contributed by atoms with van der Waals surface area (Å²) in [6.45, 7) is 0.935. The molecule has 1 amide bonds. The number of H-pyrrole nitrogens is 1. The van der Waals surface area contributed by atoms with Crippen LogP contribution in [0.25, 0.3) is 16.7 Å². The Hall–Kier alpha value is -3.58. The molecule has 1 fully saturated rings. The van der Waals surface area contributed by atoms with Gasteiger partial charge in [0, 0.05) is 35.8 Å². The van der Waals surface area contributed by atoms with E-state index in [9.17, 15) is 14.7 Å². The predicted octanol–water partition coefficient (Wildman–Crippen LogP) is 3.16. The fraction of sp³-hybridized carbons (Fsp3) is 0.250. The summed E-state index contributed by atoms with van der Waals surface area (Å²) >= 11 is 0. The molecular weight excluding hydrogens is 394 g/mol. The van der Waals surface area contributed by atoms with Crippen molar-refractivity contribution in [3.8, 4) is 5.75 Å². The number of aromatic amines is 1. The van der Waals surface area contributed by atoms with E-state index in [1.54, 1.807) is 25.4 Å². The van der Waals surface area contributed by atoms with Crippen LogP contribution in [0.2, 0.25) is 0 Å². The number of benzene rings is 2. The van der Waals surface area contributed by atoms with Gasteiger partial charge in [0.25, 0.3) is 11.7 Å². The van der Waals surface area contributed by atoms with Crippen LogP contribution in [-0.4, -0.2) is 65.9 Å². The van der Waals surface area contributed by atoms with Crippen LogP contribution >= 0.6 is 0 Å². The molecule has 4 rings (SSSR count). The number of carbonyl (C=O) groups is 2. The molecule has 1 saturated heterocycles. The largest absolute Gasteiger partial charge is 0.507 e. The van der Waals surface area contributed by atoms with Gasteiger partial charge in [-0.15, -0.1) is 0 Å². The molecule has 1 aliphatic heterocycles. The highest BCUT2D eigenvalue weighted by Crippen LogP contribution is 2.41. The van der Waals surface area contributed by atoms with E-state index in [0.717, 1.165) is 10.9 Å². The van der Waals surface area contributed by atoms with Crippen LogP contribution in [0.4, 0.5) is 0 Å². The van der Waals surface area contributed by atoms with Crippen molar-refractivity contribution in [2.24, 2.45) is 0 Å². The van der Waals surface area contributed by atoms with Crippen LogP contribution in [-0.2, 0) is 9.59 Å². The normalized spacial score (nSPS) is 18.3. The number of nitrogens with one attached hydrogen (secondary N) is 1. The Morgan fingerprint density at radius 3 is 2.68 bits per heavy atom. The average Bonchev–Trinajstić information content (AvgIpc) is 3.31. The first-order valence-electron chi connectivity index (χ1n) is 10.1. The van der Waals surface area contributed by atoms with E-state index in [1.165, 1.54) is 4.90 Å². The number of carbonyl (C=O) groups excluding carboxylic acids is 2. The molecule has 0 spiro atoms. The van der Waals surface area contributed by atoms with E-state index >= 15 is 0 Å². The maximum atomic E-state index is 13.1. The number of methoxy groups -OCH3 is 1. The SMILES string of the molecule is COc1cccc([C@@H]2/C(=C(\O)c3c[nH]c4ccccc34)C(=O)C(=O)N2CCN(C)C)c1. The molecule has 0 aliphatic carbocycles. The van der Waals surface area contributed by atoms with Crippen LogP contribution in [0.15, 0.2) is 60.3 Å². The van der Waals surface area contributed by atoms with Gasteiger partial charge in [0.2, 0.25) is 0 Å². The number of amides is 1. The molecule has 0 radical (unpaired) electrons. The summed E-state index contributed by atoms with van der Waals surface area (Å²) in [7, 11) is 5.38. The van der Waals surface area contributed by atoms with Crippen molar-refractivity contribution in [1.82, 2.24) is 14.8 Å². The molecule has 7 heteroatoms. The number of aliphatic hydroxyl groups is 1. The molecule has 160 valence electrons. The van der Waals surface area contributed by atoms with Gasteiger partial charge in [-0.25, -0.2) is 0 Å². The number of likely N-dealkylation sites (N-methyl/N-ethyl adjacent to an activating group) is 1. The van der Waals surface area contributed by atoms with E-state index in [4.69, 9.17) is 4.74 Å². The Bertz CT molecular complexity index is 1180. The molecular formula is C24H25N3O4. The highest BCUT2D eigenvalue weighted by atomic mass is 16.5. The maximum absolute atomic E-state index is 13.1. The predicted molar refractivity (Wildman–Crippen MR) is 119 cm³/mol. The third-order valence-electron chi connectivity index (χ3n) is 5.58. The Kier molecular flexibility index (Phi) is 5.52. The standard InChI is InChI=1S/C24H25N3O4/c1-26(2)11-12-27-21(15-7-6-8-16(13-15)31-3)20(23(29)24(27)30)22(28)18-14-25-19-10-5-4-9-17(18)19/h4-10,13-14,21,25,28H,11-12H2,1-3H3/b22-20+/t21-/m1/s1. The summed E-state index contributed by atoms with van der Waals surface area (Å²) in [4.78, 5) is 32.7. The van der Waals surface area contributed by atoms with E-state index < -0.39 is 17.7 Å². The van der Waals surface area contributed by atoms with E-state index in [1.807, 2.05) is 55.4 Å². The number of hydrogen-bond acceptors (Lipinski definition) is 5. The minimum absolute atomic E-state index is 0.0850. The van der Waals surface area contributed by atoms with Gasteiger partial charge in [-0.1, -0.05) is 30.3 Å². The monoisotopic (exact) mass is 419 g/mol. The molecule has 2 N–H and O–H groups in total. The van der Waals surface area contributed by atoms with Crippen molar-refractivity contribution in [3.63, 3.8) is 0 Å². The Balaban J connectivity index is 1.90. The van der Waals surface area contributed by atoms with Crippen LogP contribution < -0.4 is 4.74 Å². The van der Waals surface area contributed by atoms with Crippen LogP contribution in [0.1, 0.15) is 17.2 Å². The van der Waals surface area contributed by atoms with Gasteiger partial charge >= 0.3 is 0 Å². The van der Waals surface area contributed by atoms with Crippen LogP contribution in [0.3, 0.4) is 0 Å². The quantitative estimate of drug-likeness (QED) is 0.364. The number of aliphatic hydroxyl groups excluding tert-OH is 1. The van der Waals surface area contributed by atoms with Crippen molar-refractivity contribution >= 4 is 28.4 Å². The minimum atomic E-state index is -0.705. The zero-order chi connectivity index (χ0) is 22.1. The van der Waals surface area contributed by atoms with E-state index in [2.05, 4.69) is 4.98 Å². The lowest BCUT2D eigenvalue weighted by Crippen LogP contribution is -2.35. The minimum Gasteiger partial charge on any atom is -0.507 e. The first-order valence-corrected chi connectivity index (χ1v) is 10.1. The average molecular weight is 419 g/mol. The summed E-state index contributed by atoms with van der Waals surface area (Å²) in [5.41, 5.74) is 2.12. The molecule has 0 unspecified atom stereocenters. The van der Waals surface area contributed by atoms with Crippen molar-refractivity contribution in [2.75, 3.05) is 34.3 Å². The zero-order valence-electron chi connectivity index (χ0n) is 17.8. The number of hydrogen-bond donors (Lipinski definition) is 2. The number of fused-ring (bicyclic) bond motifs is 1. The van der Waals surface area contributed by atoms with Gasteiger partial charge in [0.05, 0.1) is 18.7 Å². The summed E-state index contributed by atoms with van der Waals surface area (Å²) in [5.74, 6) is -0.871. The van der Waals surface area contributed by atoms with Crippen LogP contribution in [0, 0.1) is 0 Å². The van der Waals surface area contributed by atoms with E-state index in [-0.39, 0.29) is 11.3 Å². The van der Waals surface area contributed by atoms with Crippen molar-refractivity contribution < 1.29 is 19.4 Å². The number of ketones is 1. The molecule has 0 bridgehead atoms. The number of para-hydroxylation sites is 1. The molecule has 1 aliphatic rings. The molecule has 3 aromatic rings. The lowest BCUT2D eigenvalue weighted by molar-refractivity contribution is -0.140. The van der Waals surface area contributed by atoms with Gasteiger partial charge in [-0.3, -0.25) is 9.59 Å². The molecule has 7 nitrogen and oxygen atoms in total. The smallest absolute Gasteiger partial charge is 0.295 e. The Morgan fingerprint density at radius 1 is 1.16 bits per heavy atom. The number of rotatable bonds is 6. The summed E-state index contributed by atoms with van der Waals surface area (Å²) in [6.07, 6.45) is 1.66. The first-order chi connectivity index (χ1) is 14.9. The molecule has 0 saturated carbocycles. The Morgan fingerprint density at radius 2 is 1.94 bits per heavy atom. The number of aromatic nitrogens is 1. The lowest BCUT2D eigenvalue weighted by Gasteiger charge is -2.26. The zero-order valence-corrected chi connectivity index (χ0v) is 17.8. The lowest BCUT2D eigenvalue weighted by atomic mass is 9.95. The molecule has 1 atom stereocenters.